The number of rotatable bonds is 1. The smallest absolute Gasteiger partial charge is 0.128 e. The first-order valence-electron chi connectivity index (χ1n) is 5.53. The zero-order chi connectivity index (χ0) is 12.7. The number of hydrogen-bond donors (Lipinski definition) is 0. The lowest BCUT2D eigenvalue weighted by atomic mass is 10.0. The highest BCUT2D eigenvalue weighted by atomic mass is 79.9. The molecule has 0 radical (unpaired) electrons. The second kappa shape index (κ2) is 4.76. The fourth-order valence-electron chi connectivity index (χ4n) is 2.13. The molecular formula is C14H9BrCl2O. The minimum absolute atomic E-state index is 0.0343. The molecule has 3 rings (SSSR count). The Kier molecular flexibility index (Phi) is 3.27. The van der Waals surface area contributed by atoms with E-state index in [2.05, 4.69) is 28.1 Å². The summed E-state index contributed by atoms with van der Waals surface area (Å²) in [5, 5.41) is 1.11. The van der Waals surface area contributed by atoms with E-state index >= 15 is 0 Å². The van der Waals surface area contributed by atoms with Gasteiger partial charge in [0.05, 0.1) is 10.0 Å². The lowest BCUT2D eigenvalue weighted by molar-refractivity contribution is 0.238. The van der Waals surface area contributed by atoms with Crippen LogP contribution in [0.3, 0.4) is 0 Å². The van der Waals surface area contributed by atoms with Gasteiger partial charge in [-0.05, 0) is 29.3 Å². The van der Waals surface area contributed by atoms with Crippen LogP contribution in [0.25, 0.3) is 0 Å². The number of halogens is 3. The molecule has 18 heavy (non-hydrogen) atoms. The van der Waals surface area contributed by atoms with Crippen molar-refractivity contribution in [1.82, 2.24) is 0 Å². The quantitative estimate of drug-likeness (QED) is 0.670. The molecule has 92 valence electrons. The van der Waals surface area contributed by atoms with Gasteiger partial charge < -0.3 is 4.74 Å². The van der Waals surface area contributed by atoms with Gasteiger partial charge in [0, 0.05) is 17.0 Å². The molecule has 0 amide bonds. The van der Waals surface area contributed by atoms with E-state index in [4.69, 9.17) is 27.9 Å². The van der Waals surface area contributed by atoms with Gasteiger partial charge >= 0.3 is 0 Å². The van der Waals surface area contributed by atoms with Gasteiger partial charge in [0.25, 0.3) is 0 Å². The Morgan fingerprint density at radius 1 is 1.11 bits per heavy atom. The summed E-state index contributed by atoms with van der Waals surface area (Å²) in [6.45, 7) is 0. The molecule has 0 aromatic heterocycles. The monoisotopic (exact) mass is 342 g/mol. The van der Waals surface area contributed by atoms with E-state index in [1.54, 1.807) is 6.07 Å². The highest BCUT2D eigenvalue weighted by molar-refractivity contribution is 9.10. The average molecular weight is 344 g/mol. The summed E-state index contributed by atoms with van der Waals surface area (Å²) in [4.78, 5) is 0. The Balaban J connectivity index is 1.93. The molecular weight excluding hydrogens is 335 g/mol. The standard InChI is InChI=1S/C14H9BrCl2O/c15-10-3-1-2-8(4-10)13-6-9-5-11(16)12(17)7-14(9)18-13/h1-5,7,13H,6H2. The molecule has 2 aromatic carbocycles. The molecule has 1 aliphatic heterocycles. The first kappa shape index (κ1) is 12.3. The van der Waals surface area contributed by atoms with E-state index in [1.807, 2.05) is 18.2 Å². The molecule has 0 saturated carbocycles. The van der Waals surface area contributed by atoms with Gasteiger partial charge in [0.15, 0.2) is 0 Å². The Morgan fingerprint density at radius 3 is 2.67 bits per heavy atom. The van der Waals surface area contributed by atoms with Crippen LogP contribution in [0.4, 0.5) is 0 Å². The van der Waals surface area contributed by atoms with Gasteiger partial charge in [-0.2, -0.15) is 0 Å². The SMILES string of the molecule is Clc1cc2c(cc1Cl)OC(c1cccc(Br)c1)C2. The first-order valence-corrected chi connectivity index (χ1v) is 7.08. The third-order valence-corrected chi connectivity index (χ3v) is 4.21. The van der Waals surface area contributed by atoms with E-state index in [0.717, 1.165) is 27.8 Å². The largest absolute Gasteiger partial charge is 0.485 e. The van der Waals surface area contributed by atoms with Crippen molar-refractivity contribution in [2.75, 3.05) is 0 Å². The number of ether oxygens (including phenoxy) is 1. The van der Waals surface area contributed by atoms with Crippen molar-refractivity contribution in [3.05, 3.63) is 62.0 Å². The van der Waals surface area contributed by atoms with Gasteiger partial charge in [-0.1, -0.05) is 51.3 Å². The summed E-state index contributed by atoms with van der Waals surface area (Å²) in [6.07, 6.45) is 0.856. The Labute approximate surface area is 124 Å². The summed E-state index contributed by atoms with van der Waals surface area (Å²) in [7, 11) is 0. The number of fused-ring (bicyclic) bond motifs is 1. The van der Waals surface area contributed by atoms with E-state index in [9.17, 15) is 0 Å². The lowest BCUT2D eigenvalue weighted by Gasteiger charge is -2.11. The molecule has 1 unspecified atom stereocenters. The molecule has 4 heteroatoms. The summed E-state index contributed by atoms with van der Waals surface area (Å²) in [5.41, 5.74) is 2.25. The molecule has 1 nitrogen and oxygen atoms in total. The predicted molar refractivity (Wildman–Crippen MR) is 77.7 cm³/mol. The molecule has 1 atom stereocenters. The normalized spacial score (nSPS) is 17.4. The first-order chi connectivity index (χ1) is 8.63. The van der Waals surface area contributed by atoms with E-state index in [1.165, 1.54) is 0 Å². The van der Waals surface area contributed by atoms with Crippen molar-refractivity contribution in [2.24, 2.45) is 0 Å². The van der Waals surface area contributed by atoms with Crippen LogP contribution >= 0.6 is 39.1 Å². The van der Waals surface area contributed by atoms with Crippen LogP contribution in [-0.2, 0) is 6.42 Å². The molecule has 0 aliphatic carbocycles. The minimum atomic E-state index is 0.0343. The average Bonchev–Trinajstić information content (AvgIpc) is 2.73. The van der Waals surface area contributed by atoms with Gasteiger partial charge in [0.2, 0.25) is 0 Å². The number of benzene rings is 2. The minimum Gasteiger partial charge on any atom is -0.485 e. The van der Waals surface area contributed by atoms with Crippen LogP contribution in [0.5, 0.6) is 5.75 Å². The molecule has 0 N–H and O–H groups in total. The van der Waals surface area contributed by atoms with Crippen molar-refractivity contribution in [2.45, 2.75) is 12.5 Å². The maximum atomic E-state index is 6.02. The second-order valence-corrected chi connectivity index (χ2v) is 5.97. The Bertz CT molecular complexity index is 582. The van der Waals surface area contributed by atoms with E-state index in [-0.39, 0.29) is 6.10 Å². The van der Waals surface area contributed by atoms with Crippen LogP contribution in [0, 0.1) is 0 Å². The van der Waals surface area contributed by atoms with Crippen molar-refractivity contribution in [3.63, 3.8) is 0 Å². The third-order valence-electron chi connectivity index (χ3n) is 3.00. The van der Waals surface area contributed by atoms with Gasteiger partial charge in [0.1, 0.15) is 11.9 Å². The van der Waals surface area contributed by atoms with Crippen LogP contribution < -0.4 is 4.74 Å². The number of hydrogen-bond acceptors (Lipinski definition) is 1. The fraction of sp³-hybridized carbons (Fsp3) is 0.143. The van der Waals surface area contributed by atoms with Gasteiger partial charge in [-0.25, -0.2) is 0 Å². The van der Waals surface area contributed by atoms with Crippen molar-refractivity contribution < 1.29 is 4.74 Å². The maximum absolute atomic E-state index is 6.02. The highest BCUT2D eigenvalue weighted by Gasteiger charge is 2.25. The maximum Gasteiger partial charge on any atom is 0.128 e. The van der Waals surface area contributed by atoms with Crippen LogP contribution in [0.2, 0.25) is 10.0 Å². The van der Waals surface area contributed by atoms with Gasteiger partial charge in [-0.15, -0.1) is 0 Å². The topological polar surface area (TPSA) is 9.23 Å². The van der Waals surface area contributed by atoms with E-state index in [0.29, 0.717) is 10.0 Å². The zero-order valence-electron chi connectivity index (χ0n) is 9.29. The highest BCUT2D eigenvalue weighted by Crippen LogP contribution is 2.41. The summed E-state index contributed by atoms with van der Waals surface area (Å²) in [6, 6.07) is 11.8. The van der Waals surface area contributed by atoms with Crippen LogP contribution in [0.15, 0.2) is 40.9 Å². The third kappa shape index (κ3) is 2.25. The molecule has 2 aromatic rings. The lowest BCUT2D eigenvalue weighted by Crippen LogP contribution is -2.02. The fourth-order valence-corrected chi connectivity index (χ4v) is 2.88. The van der Waals surface area contributed by atoms with Crippen molar-refractivity contribution >= 4 is 39.1 Å². The van der Waals surface area contributed by atoms with Crippen molar-refractivity contribution in [3.8, 4) is 5.75 Å². The van der Waals surface area contributed by atoms with E-state index < -0.39 is 0 Å². The molecule has 1 heterocycles. The molecule has 0 saturated heterocycles. The Morgan fingerprint density at radius 2 is 1.89 bits per heavy atom. The van der Waals surface area contributed by atoms with Gasteiger partial charge in [-0.3, -0.25) is 0 Å². The summed E-state index contributed by atoms with van der Waals surface area (Å²) in [5.74, 6) is 0.828. The van der Waals surface area contributed by atoms with Crippen LogP contribution in [-0.4, -0.2) is 0 Å². The summed E-state index contributed by atoms with van der Waals surface area (Å²) >= 11 is 15.5. The van der Waals surface area contributed by atoms with Crippen LogP contribution in [0.1, 0.15) is 17.2 Å². The molecule has 0 bridgehead atoms. The Hall–Kier alpha value is -0.700. The zero-order valence-corrected chi connectivity index (χ0v) is 12.4. The molecule has 0 spiro atoms. The molecule has 0 fully saturated rings. The molecule has 1 aliphatic rings. The summed E-state index contributed by atoms with van der Waals surface area (Å²) < 4.78 is 6.97. The predicted octanol–water partition coefficient (Wildman–Crippen LogP) is 5.43. The van der Waals surface area contributed by atoms with Crippen molar-refractivity contribution in [1.29, 1.82) is 0 Å². The second-order valence-electron chi connectivity index (χ2n) is 4.24.